The lowest BCUT2D eigenvalue weighted by Crippen LogP contribution is -2.99. The third kappa shape index (κ3) is 2.07. The van der Waals surface area contributed by atoms with Gasteiger partial charge in [-0.1, -0.05) is 0 Å². The van der Waals surface area contributed by atoms with Crippen molar-refractivity contribution in [3.63, 3.8) is 0 Å². The number of hydrogen-bond acceptors (Lipinski definition) is 3. The molecule has 0 aliphatic carbocycles. The van der Waals surface area contributed by atoms with Crippen molar-refractivity contribution >= 4 is 16.6 Å². The average Bonchev–Trinajstić information content (AvgIpc) is 2.68. The fraction of sp³-hybridized carbons (Fsp3) is 0.273. The van der Waals surface area contributed by atoms with E-state index in [1.54, 1.807) is 18.2 Å². The van der Waals surface area contributed by atoms with E-state index in [-0.39, 0.29) is 0 Å². The van der Waals surface area contributed by atoms with Gasteiger partial charge in [-0.15, -0.1) is 0 Å². The molecule has 1 atom stereocenters. The number of aryl methyl sites for hydroxylation is 1. The average molecular weight is 221 g/mol. The lowest BCUT2D eigenvalue weighted by molar-refractivity contribution is -0.991. The summed E-state index contributed by atoms with van der Waals surface area (Å²) >= 11 is 0. The van der Waals surface area contributed by atoms with Gasteiger partial charge in [-0.05, 0) is 31.0 Å². The maximum Gasteiger partial charge on any atom is 0.164 e. The van der Waals surface area contributed by atoms with Crippen molar-refractivity contribution in [2.75, 3.05) is 6.54 Å². The van der Waals surface area contributed by atoms with Gasteiger partial charge >= 0.3 is 0 Å². The minimum Gasteiger partial charge on any atom is -0.595 e. The molecule has 16 heavy (non-hydrogen) atoms. The predicted octanol–water partition coefficient (Wildman–Crippen LogP) is 0.463. The summed E-state index contributed by atoms with van der Waals surface area (Å²) in [6.07, 6.45) is 3.70. The van der Waals surface area contributed by atoms with E-state index < -0.39 is 5.23 Å². The van der Waals surface area contributed by atoms with Crippen molar-refractivity contribution < 1.29 is 10.4 Å². The van der Waals surface area contributed by atoms with Crippen LogP contribution in [-0.4, -0.2) is 16.7 Å². The Morgan fingerprint density at radius 3 is 2.94 bits per heavy atom. The van der Waals surface area contributed by atoms with Crippen molar-refractivity contribution in [1.82, 2.24) is 4.98 Å². The normalized spacial score (nSPS) is 13.2. The number of aromatic nitrogens is 1. The molecule has 5 nitrogen and oxygen atoms in total. The largest absolute Gasteiger partial charge is 0.595 e. The summed E-state index contributed by atoms with van der Waals surface area (Å²) < 4.78 is 0. The number of quaternary nitrogens is 1. The van der Waals surface area contributed by atoms with Gasteiger partial charge in [-0.25, -0.2) is 5.21 Å². The Morgan fingerprint density at radius 1 is 1.44 bits per heavy atom. The lowest BCUT2D eigenvalue weighted by Gasteiger charge is -2.11. The van der Waals surface area contributed by atoms with E-state index in [0.29, 0.717) is 12.2 Å². The van der Waals surface area contributed by atoms with Crippen LogP contribution in [0.4, 0.5) is 5.69 Å². The quantitative estimate of drug-likeness (QED) is 0.565. The first kappa shape index (κ1) is 11.1. The van der Waals surface area contributed by atoms with Gasteiger partial charge in [-0.2, -0.15) is 5.23 Å². The van der Waals surface area contributed by atoms with Crippen molar-refractivity contribution in [3.05, 3.63) is 35.2 Å². The summed E-state index contributed by atoms with van der Waals surface area (Å²) in [5.41, 5.74) is 7.88. The van der Waals surface area contributed by atoms with E-state index >= 15 is 0 Å². The molecule has 5 heteroatoms. The fourth-order valence-electron chi connectivity index (χ4n) is 1.81. The van der Waals surface area contributed by atoms with Crippen LogP contribution >= 0.6 is 0 Å². The van der Waals surface area contributed by atoms with Crippen molar-refractivity contribution in [2.24, 2.45) is 5.73 Å². The summed E-state index contributed by atoms with van der Waals surface area (Å²) in [4.78, 5) is 3.13. The number of nitrogens with one attached hydrogen (secondary N) is 2. The van der Waals surface area contributed by atoms with Crippen molar-refractivity contribution in [1.29, 1.82) is 0 Å². The summed E-state index contributed by atoms with van der Waals surface area (Å²) in [6.45, 7) is 0.644. The van der Waals surface area contributed by atoms with Gasteiger partial charge in [0.1, 0.15) is 0 Å². The van der Waals surface area contributed by atoms with Gasteiger partial charge in [0.15, 0.2) is 5.69 Å². The first-order valence-electron chi connectivity index (χ1n) is 5.25. The maximum atomic E-state index is 10.9. The smallest absolute Gasteiger partial charge is 0.164 e. The Bertz CT molecular complexity index is 479. The fourth-order valence-corrected chi connectivity index (χ4v) is 1.81. The number of benzene rings is 1. The van der Waals surface area contributed by atoms with Gasteiger partial charge in [-0.3, -0.25) is 0 Å². The zero-order valence-corrected chi connectivity index (χ0v) is 8.86. The highest BCUT2D eigenvalue weighted by atomic mass is 16.8. The van der Waals surface area contributed by atoms with E-state index in [1.807, 2.05) is 6.20 Å². The molecule has 1 heterocycles. The van der Waals surface area contributed by atoms with Gasteiger partial charge in [0.05, 0.1) is 0 Å². The molecular weight excluding hydrogens is 206 g/mol. The van der Waals surface area contributed by atoms with Crippen LogP contribution in [-0.2, 0) is 6.42 Å². The SMILES string of the molecule is NCCCc1c[nH]c2ccc([NH+]([O-])O)cc12. The zero-order valence-electron chi connectivity index (χ0n) is 8.86. The van der Waals surface area contributed by atoms with Crippen LogP contribution in [0.1, 0.15) is 12.0 Å². The molecule has 0 aliphatic rings. The third-order valence-electron chi connectivity index (χ3n) is 2.66. The molecule has 86 valence electrons. The highest BCUT2D eigenvalue weighted by Crippen LogP contribution is 2.21. The summed E-state index contributed by atoms with van der Waals surface area (Å²) in [5.74, 6) is 0. The minimum atomic E-state index is -0.895. The van der Waals surface area contributed by atoms with Gasteiger partial charge < -0.3 is 15.9 Å². The number of fused-ring (bicyclic) bond motifs is 1. The molecule has 1 aromatic carbocycles. The van der Waals surface area contributed by atoms with Crippen molar-refractivity contribution in [2.45, 2.75) is 12.8 Å². The topological polar surface area (TPSA) is 89.5 Å². The molecule has 0 bridgehead atoms. The van der Waals surface area contributed by atoms with Crippen LogP contribution in [0.5, 0.6) is 0 Å². The molecule has 0 radical (unpaired) electrons. The molecule has 1 aromatic heterocycles. The monoisotopic (exact) mass is 221 g/mol. The molecule has 0 saturated heterocycles. The summed E-state index contributed by atoms with van der Waals surface area (Å²) in [6, 6.07) is 5.11. The van der Waals surface area contributed by atoms with Gasteiger partial charge in [0.2, 0.25) is 0 Å². The Morgan fingerprint density at radius 2 is 2.25 bits per heavy atom. The van der Waals surface area contributed by atoms with E-state index in [1.165, 1.54) is 0 Å². The van der Waals surface area contributed by atoms with E-state index in [0.717, 1.165) is 29.3 Å². The van der Waals surface area contributed by atoms with Crippen LogP contribution in [0.25, 0.3) is 10.9 Å². The van der Waals surface area contributed by atoms with Crippen LogP contribution in [0.3, 0.4) is 0 Å². The van der Waals surface area contributed by atoms with E-state index in [4.69, 9.17) is 10.9 Å². The highest BCUT2D eigenvalue weighted by Gasteiger charge is 2.07. The Balaban J connectivity index is 2.39. The van der Waals surface area contributed by atoms with Crippen LogP contribution in [0, 0.1) is 5.21 Å². The molecule has 5 N–H and O–H groups in total. The number of rotatable bonds is 4. The van der Waals surface area contributed by atoms with Crippen LogP contribution < -0.4 is 11.0 Å². The molecule has 1 unspecified atom stereocenters. The maximum absolute atomic E-state index is 10.9. The van der Waals surface area contributed by atoms with E-state index in [9.17, 15) is 5.21 Å². The minimum absolute atomic E-state index is 0.320. The zero-order chi connectivity index (χ0) is 11.5. The second-order valence-corrected chi connectivity index (χ2v) is 3.77. The molecular formula is C11H15N3O2. The Hall–Kier alpha value is -1.40. The molecule has 0 spiro atoms. The molecule has 0 aliphatic heterocycles. The summed E-state index contributed by atoms with van der Waals surface area (Å²) in [5, 5.41) is 19.9. The number of H-pyrrole nitrogens is 1. The molecule has 0 amide bonds. The summed E-state index contributed by atoms with van der Waals surface area (Å²) in [7, 11) is 0. The third-order valence-corrected chi connectivity index (χ3v) is 2.66. The Kier molecular flexibility index (Phi) is 3.21. The lowest BCUT2D eigenvalue weighted by atomic mass is 10.1. The first-order valence-corrected chi connectivity index (χ1v) is 5.25. The number of nitrogens with two attached hydrogens (primary N) is 1. The predicted molar refractivity (Wildman–Crippen MR) is 61.5 cm³/mol. The van der Waals surface area contributed by atoms with Crippen molar-refractivity contribution in [3.8, 4) is 0 Å². The molecule has 0 saturated carbocycles. The number of aromatic amines is 1. The van der Waals surface area contributed by atoms with Crippen LogP contribution in [0.15, 0.2) is 24.4 Å². The second-order valence-electron chi connectivity index (χ2n) is 3.77. The molecule has 0 fully saturated rings. The highest BCUT2D eigenvalue weighted by molar-refractivity contribution is 5.85. The Labute approximate surface area is 93.0 Å². The standard InChI is InChI=1S/C11H15N3O2/c12-5-1-2-8-7-13-11-4-3-9(14(15)16)6-10(8)11/h3-4,6-7,13-15H,1-2,5,12H2. The number of hydrogen-bond donors (Lipinski definition) is 4. The first-order chi connectivity index (χ1) is 7.72. The second kappa shape index (κ2) is 4.63. The van der Waals surface area contributed by atoms with Crippen LogP contribution in [0.2, 0.25) is 0 Å². The molecule has 2 aromatic rings. The molecule has 2 rings (SSSR count). The van der Waals surface area contributed by atoms with Gasteiger partial charge in [0, 0.05) is 29.2 Å². The van der Waals surface area contributed by atoms with E-state index in [2.05, 4.69) is 4.98 Å². The van der Waals surface area contributed by atoms with Gasteiger partial charge in [0.25, 0.3) is 0 Å².